The molecule has 0 heterocycles. The van der Waals surface area contributed by atoms with Crippen molar-refractivity contribution >= 4 is 37.1 Å². The van der Waals surface area contributed by atoms with Crippen molar-refractivity contribution < 1.29 is 9.16 Å². The van der Waals surface area contributed by atoms with Gasteiger partial charge in [-0.3, -0.25) is 0 Å². The van der Waals surface area contributed by atoms with E-state index < -0.39 is 26.7 Å². The van der Waals surface area contributed by atoms with Crippen molar-refractivity contribution in [2.45, 2.75) is 98.4 Å². The Morgan fingerprint density at radius 1 is 0.676 bits per heavy atom. The summed E-state index contributed by atoms with van der Waals surface area (Å²) in [5, 5.41) is 2.67. The molecule has 2 aromatic carbocycles. The van der Waals surface area contributed by atoms with Gasteiger partial charge in [-0.05, 0) is 0 Å². The molecular weight excluding hydrogens is 575 g/mol. The van der Waals surface area contributed by atoms with E-state index in [0.717, 1.165) is 4.62 Å². The summed E-state index contributed by atoms with van der Waals surface area (Å²) in [5.74, 6) is 0. The Bertz CT molecular complexity index is 815. The van der Waals surface area contributed by atoms with E-state index in [1.165, 1.54) is 62.2 Å². The Morgan fingerprint density at radius 3 is 1.51 bits per heavy atom. The van der Waals surface area contributed by atoms with E-state index in [4.69, 9.17) is 9.16 Å². The topological polar surface area (TPSA) is 18.5 Å². The summed E-state index contributed by atoms with van der Waals surface area (Å²) >= 11 is -2.22. The van der Waals surface area contributed by atoms with Gasteiger partial charge in [-0.2, -0.15) is 0 Å². The third kappa shape index (κ3) is 9.67. The number of hydrogen-bond donors (Lipinski definition) is 0. The van der Waals surface area contributed by atoms with Crippen molar-refractivity contribution in [2.75, 3.05) is 17.8 Å². The van der Waals surface area contributed by atoms with Crippen LogP contribution in [0.3, 0.4) is 0 Å². The van der Waals surface area contributed by atoms with Crippen molar-refractivity contribution in [3.63, 3.8) is 0 Å². The van der Waals surface area contributed by atoms with Crippen LogP contribution in [0.5, 0.6) is 0 Å². The SMILES string of the molecule is CCC[CH2][Sn]([CH2]CCC)([CH2]CCC)[CH2]OC/C=C\CO[Si](c1ccccc1)(c1ccccc1)C(C)(C)C. The third-order valence-electron chi connectivity index (χ3n) is 7.78. The molecule has 0 aliphatic rings. The summed E-state index contributed by atoms with van der Waals surface area (Å²) in [6.07, 6.45) is 12.5. The standard InChI is InChI=1S/C21H27O2Si.3C4H9.Sn/c1-21(2,3)24(19-13-7-5-8-14-19,20-15-9-6-10-16-20)23-18-12-11-17-22-4;3*1-3-4-2;/h5-16H,4,17-18H2,1-3H3;3*1,3-4H2,2H3;/b12-11-;;;;. The first kappa shape index (κ1) is 32.3. The number of hydrogen-bond acceptors (Lipinski definition) is 2. The Kier molecular flexibility index (Phi) is 14.8. The van der Waals surface area contributed by atoms with Gasteiger partial charge in [0.15, 0.2) is 0 Å². The molecule has 0 aliphatic carbocycles. The van der Waals surface area contributed by atoms with Gasteiger partial charge in [0, 0.05) is 0 Å². The van der Waals surface area contributed by atoms with Gasteiger partial charge in [0.2, 0.25) is 0 Å². The van der Waals surface area contributed by atoms with Crippen molar-refractivity contribution in [1.82, 2.24) is 0 Å². The Morgan fingerprint density at radius 2 is 1.11 bits per heavy atom. The van der Waals surface area contributed by atoms with Crippen LogP contribution in [-0.2, 0) is 9.16 Å². The zero-order chi connectivity index (χ0) is 27.0. The van der Waals surface area contributed by atoms with Gasteiger partial charge < -0.3 is 0 Å². The second kappa shape index (κ2) is 16.9. The van der Waals surface area contributed by atoms with Gasteiger partial charge in [-0.15, -0.1) is 0 Å². The molecule has 0 N–H and O–H groups in total. The zero-order valence-corrected chi connectivity index (χ0v) is 28.6. The van der Waals surface area contributed by atoms with Gasteiger partial charge >= 0.3 is 235 Å². The fourth-order valence-corrected chi connectivity index (χ4v) is 24.6. The second-order valence-corrected chi connectivity index (χ2v) is 29.7. The molecular formula is C33H54O2SiSn. The molecule has 0 unspecified atom stereocenters. The fraction of sp³-hybridized carbons (Fsp3) is 0.576. The first-order valence-electron chi connectivity index (χ1n) is 14.8. The minimum atomic E-state index is -2.47. The quantitative estimate of drug-likeness (QED) is 0.0936. The molecule has 0 amide bonds. The average molecular weight is 630 g/mol. The summed E-state index contributed by atoms with van der Waals surface area (Å²) < 4.78 is 19.0. The van der Waals surface area contributed by atoms with Crippen LogP contribution >= 0.6 is 0 Å². The molecule has 0 radical (unpaired) electrons. The molecule has 0 aromatic heterocycles. The summed E-state index contributed by atoms with van der Waals surface area (Å²) in [6, 6.07) is 21.8. The van der Waals surface area contributed by atoms with E-state index in [-0.39, 0.29) is 5.04 Å². The third-order valence-corrected chi connectivity index (χ3v) is 27.2. The summed E-state index contributed by atoms with van der Waals surface area (Å²) in [5.41, 5.74) is 0. The van der Waals surface area contributed by atoms with Gasteiger partial charge in [-0.1, -0.05) is 0 Å². The normalized spacial score (nSPS) is 12.9. The van der Waals surface area contributed by atoms with E-state index in [1.54, 1.807) is 0 Å². The fourth-order valence-electron chi connectivity index (χ4n) is 5.66. The number of benzene rings is 2. The van der Waals surface area contributed by atoms with Crippen LogP contribution in [-0.4, -0.2) is 44.5 Å². The average Bonchev–Trinajstić information content (AvgIpc) is 2.91. The van der Waals surface area contributed by atoms with Crippen molar-refractivity contribution in [2.24, 2.45) is 0 Å². The monoisotopic (exact) mass is 630 g/mol. The van der Waals surface area contributed by atoms with E-state index in [2.05, 4.69) is 114 Å². The van der Waals surface area contributed by atoms with E-state index in [0.29, 0.717) is 13.2 Å². The molecule has 2 aromatic rings. The van der Waals surface area contributed by atoms with Crippen molar-refractivity contribution in [3.05, 3.63) is 72.8 Å². The van der Waals surface area contributed by atoms with Crippen LogP contribution in [0.2, 0.25) is 18.3 Å². The molecule has 0 spiro atoms. The van der Waals surface area contributed by atoms with E-state index >= 15 is 0 Å². The van der Waals surface area contributed by atoms with Crippen LogP contribution in [0.1, 0.15) is 80.1 Å². The van der Waals surface area contributed by atoms with Crippen LogP contribution in [0.15, 0.2) is 72.8 Å². The molecule has 0 bridgehead atoms. The van der Waals surface area contributed by atoms with Crippen LogP contribution in [0, 0.1) is 0 Å². The molecule has 0 saturated heterocycles. The molecule has 0 fully saturated rings. The maximum atomic E-state index is 6.98. The molecule has 4 heteroatoms. The Labute approximate surface area is 234 Å². The van der Waals surface area contributed by atoms with Gasteiger partial charge in [0.1, 0.15) is 0 Å². The Hall–Kier alpha value is -0.884. The van der Waals surface area contributed by atoms with Crippen molar-refractivity contribution in [1.29, 1.82) is 0 Å². The number of rotatable bonds is 18. The zero-order valence-electron chi connectivity index (χ0n) is 24.7. The molecule has 2 rings (SSSR count). The van der Waals surface area contributed by atoms with Crippen LogP contribution in [0.25, 0.3) is 0 Å². The minimum absolute atomic E-state index is 0.00590. The summed E-state index contributed by atoms with van der Waals surface area (Å²) in [7, 11) is -2.47. The van der Waals surface area contributed by atoms with Gasteiger partial charge in [0.25, 0.3) is 0 Å². The molecule has 37 heavy (non-hydrogen) atoms. The maximum absolute atomic E-state index is 6.98. The molecule has 0 atom stereocenters. The van der Waals surface area contributed by atoms with E-state index in [1.807, 2.05) is 0 Å². The molecule has 0 aliphatic heterocycles. The van der Waals surface area contributed by atoms with Crippen LogP contribution < -0.4 is 10.4 Å². The first-order chi connectivity index (χ1) is 17.8. The van der Waals surface area contributed by atoms with Crippen molar-refractivity contribution in [3.8, 4) is 0 Å². The number of unbranched alkanes of at least 4 members (excludes halogenated alkanes) is 3. The predicted molar refractivity (Wildman–Crippen MR) is 168 cm³/mol. The summed E-state index contributed by atoms with van der Waals surface area (Å²) in [4.78, 5) is 0. The Balaban J connectivity index is 2.09. The number of ether oxygens (including phenoxy) is 1. The first-order valence-corrected chi connectivity index (χ1v) is 24.8. The molecule has 206 valence electrons. The van der Waals surface area contributed by atoms with Gasteiger partial charge in [-0.25, -0.2) is 0 Å². The second-order valence-electron chi connectivity index (χ2n) is 11.8. The van der Waals surface area contributed by atoms with Crippen LogP contribution in [0.4, 0.5) is 0 Å². The molecule has 2 nitrogen and oxygen atoms in total. The molecule has 0 saturated carbocycles. The van der Waals surface area contributed by atoms with Gasteiger partial charge in [0.05, 0.1) is 0 Å². The predicted octanol–water partition coefficient (Wildman–Crippen LogP) is 8.52. The summed E-state index contributed by atoms with van der Waals surface area (Å²) in [6.45, 7) is 15.4. The van der Waals surface area contributed by atoms with E-state index in [9.17, 15) is 0 Å².